The highest BCUT2D eigenvalue weighted by Gasteiger charge is 2.16. The van der Waals surface area contributed by atoms with Gasteiger partial charge in [-0.15, -0.1) is 0 Å². The normalized spacial score (nSPS) is 16.5. The van der Waals surface area contributed by atoms with Gasteiger partial charge in [-0.2, -0.15) is 0 Å². The van der Waals surface area contributed by atoms with Gasteiger partial charge in [0.05, 0.1) is 6.04 Å². The van der Waals surface area contributed by atoms with E-state index in [4.69, 9.17) is 11.6 Å². The predicted octanol–water partition coefficient (Wildman–Crippen LogP) is 5.47. The van der Waals surface area contributed by atoms with Gasteiger partial charge >= 0.3 is 0 Å². The summed E-state index contributed by atoms with van der Waals surface area (Å²) in [6.45, 7) is 6.57. The van der Waals surface area contributed by atoms with E-state index in [0.717, 1.165) is 30.1 Å². The second kappa shape index (κ2) is 9.09. The first kappa shape index (κ1) is 19.5. The summed E-state index contributed by atoms with van der Waals surface area (Å²) in [6, 6.07) is 15.9. The van der Waals surface area contributed by atoms with E-state index >= 15 is 0 Å². The van der Waals surface area contributed by atoms with Crippen molar-refractivity contribution in [2.45, 2.75) is 32.7 Å². The quantitative estimate of drug-likeness (QED) is 0.695. The summed E-state index contributed by atoms with van der Waals surface area (Å²) in [4.78, 5) is 14.7. The van der Waals surface area contributed by atoms with Gasteiger partial charge in [0.25, 0.3) is 0 Å². The van der Waals surface area contributed by atoms with Crippen LogP contribution in [0.15, 0.2) is 54.6 Å². The molecule has 0 bridgehead atoms. The van der Waals surface area contributed by atoms with Crippen LogP contribution in [0, 0.1) is 5.92 Å². The van der Waals surface area contributed by atoms with E-state index < -0.39 is 0 Å². The molecule has 1 saturated heterocycles. The van der Waals surface area contributed by atoms with Crippen LogP contribution in [0.2, 0.25) is 5.02 Å². The molecule has 1 atom stereocenters. The number of nitrogens with zero attached hydrogens (tertiary/aromatic N) is 1. The summed E-state index contributed by atoms with van der Waals surface area (Å²) in [5.41, 5.74) is 3.20. The molecule has 27 heavy (non-hydrogen) atoms. The number of piperidine rings is 1. The van der Waals surface area contributed by atoms with E-state index in [1.165, 1.54) is 24.6 Å². The summed E-state index contributed by atoms with van der Waals surface area (Å²) in [5, 5.41) is 3.64. The van der Waals surface area contributed by atoms with Crippen molar-refractivity contribution in [1.82, 2.24) is 5.32 Å². The van der Waals surface area contributed by atoms with E-state index in [9.17, 15) is 4.79 Å². The van der Waals surface area contributed by atoms with Crippen molar-refractivity contribution in [1.29, 1.82) is 0 Å². The van der Waals surface area contributed by atoms with E-state index in [1.54, 1.807) is 6.08 Å². The minimum absolute atomic E-state index is 0.0520. The Morgan fingerprint density at radius 1 is 1.15 bits per heavy atom. The second-order valence-electron chi connectivity index (χ2n) is 7.35. The molecular weight excluding hydrogens is 356 g/mol. The fourth-order valence-electron chi connectivity index (χ4n) is 3.36. The molecule has 3 nitrogen and oxygen atoms in total. The Morgan fingerprint density at radius 3 is 2.48 bits per heavy atom. The molecule has 0 unspecified atom stereocenters. The van der Waals surface area contributed by atoms with Gasteiger partial charge in [-0.25, -0.2) is 0 Å². The van der Waals surface area contributed by atoms with Crippen molar-refractivity contribution in [3.8, 4) is 0 Å². The molecule has 1 amide bonds. The summed E-state index contributed by atoms with van der Waals surface area (Å²) >= 11 is 6.11. The first-order valence-electron chi connectivity index (χ1n) is 9.61. The van der Waals surface area contributed by atoms with Crippen molar-refractivity contribution in [3.63, 3.8) is 0 Å². The van der Waals surface area contributed by atoms with Crippen LogP contribution in [-0.4, -0.2) is 19.0 Å². The fourth-order valence-corrected chi connectivity index (χ4v) is 3.56. The molecule has 0 aliphatic carbocycles. The largest absolute Gasteiger partial charge is 0.372 e. The molecule has 1 heterocycles. The third-order valence-electron chi connectivity index (χ3n) is 5.22. The average Bonchev–Trinajstić information content (AvgIpc) is 2.68. The van der Waals surface area contributed by atoms with Crippen molar-refractivity contribution in [3.05, 3.63) is 70.8 Å². The van der Waals surface area contributed by atoms with Gasteiger partial charge in [0.1, 0.15) is 0 Å². The lowest BCUT2D eigenvalue weighted by molar-refractivity contribution is -0.117. The molecule has 0 aromatic heterocycles. The summed E-state index contributed by atoms with van der Waals surface area (Å²) in [5.74, 6) is 0.700. The minimum Gasteiger partial charge on any atom is -0.372 e. The van der Waals surface area contributed by atoms with E-state index in [-0.39, 0.29) is 11.9 Å². The maximum absolute atomic E-state index is 12.2. The number of benzene rings is 2. The predicted molar refractivity (Wildman–Crippen MR) is 114 cm³/mol. The number of halogens is 1. The standard InChI is InChI=1S/C23H27ClN2O/c1-17-13-15-26(16-14-17)21-10-7-19(8-11-21)18(2)25-23(27)12-9-20-5-3-4-6-22(20)24/h3-12,17-18H,13-16H2,1-2H3,(H,25,27)/b12-9+/t18-/m1/s1. The van der Waals surface area contributed by atoms with Crippen molar-refractivity contribution < 1.29 is 4.79 Å². The van der Waals surface area contributed by atoms with Gasteiger partial charge in [-0.1, -0.05) is 48.9 Å². The Kier molecular flexibility index (Phi) is 6.57. The third-order valence-corrected chi connectivity index (χ3v) is 5.56. The zero-order valence-electron chi connectivity index (χ0n) is 16.0. The highest BCUT2D eigenvalue weighted by molar-refractivity contribution is 6.32. The first-order chi connectivity index (χ1) is 13.0. The maximum atomic E-state index is 12.2. The molecule has 142 valence electrons. The second-order valence-corrected chi connectivity index (χ2v) is 7.75. The van der Waals surface area contributed by atoms with Crippen LogP contribution in [0.4, 0.5) is 5.69 Å². The Labute approximate surface area is 167 Å². The fraction of sp³-hybridized carbons (Fsp3) is 0.348. The Hall–Kier alpha value is -2.26. The summed E-state index contributed by atoms with van der Waals surface area (Å²) in [6.07, 6.45) is 5.78. The van der Waals surface area contributed by atoms with E-state index in [0.29, 0.717) is 5.02 Å². The molecule has 3 rings (SSSR count). The van der Waals surface area contributed by atoms with Crippen LogP contribution in [-0.2, 0) is 4.79 Å². The topological polar surface area (TPSA) is 32.3 Å². The first-order valence-corrected chi connectivity index (χ1v) is 9.99. The molecule has 0 spiro atoms. The molecule has 0 radical (unpaired) electrons. The SMILES string of the molecule is CC1CCN(c2ccc([C@@H](C)NC(=O)/C=C/c3ccccc3Cl)cc2)CC1. The number of hydrogen-bond acceptors (Lipinski definition) is 2. The average molecular weight is 383 g/mol. The summed E-state index contributed by atoms with van der Waals surface area (Å²) < 4.78 is 0. The monoisotopic (exact) mass is 382 g/mol. The number of amides is 1. The number of carbonyl (C=O) groups is 1. The van der Waals surface area contributed by atoms with Gasteiger partial charge in [0.15, 0.2) is 0 Å². The van der Waals surface area contributed by atoms with Crippen LogP contribution in [0.1, 0.15) is 43.9 Å². The van der Waals surface area contributed by atoms with Crippen molar-refractivity contribution in [2.75, 3.05) is 18.0 Å². The highest BCUT2D eigenvalue weighted by atomic mass is 35.5. The van der Waals surface area contributed by atoms with E-state index in [1.807, 2.05) is 31.2 Å². The van der Waals surface area contributed by atoms with Gasteiger partial charge in [-0.05, 0) is 61.1 Å². The van der Waals surface area contributed by atoms with Crippen LogP contribution >= 0.6 is 11.6 Å². The molecule has 1 aliphatic rings. The lowest BCUT2D eigenvalue weighted by Crippen LogP contribution is -2.32. The van der Waals surface area contributed by atoms with Crippen LogP contribution < -0.4 is 10.2 Å². The lowest BCUT2D eigenvalue weighted by Gasteiger charge is -2.32. The van der Waals surface area contributed by atoms with Gasteiger partial charge in [0, 0.05) is 29.9 Å². The number of rotatable bonds is 5. The molecule has 0 saturated carbocycles. The number of nitrogens with one attached hydrogen (secondary N) is 1. The van der Waals surface area contributed by atoms with Gasteiger partial charge in [0.2, 0.25) is 5.91 Å². The Balaban J connectivity index is 1.56. The zero-order valence-corrected chi connectivity index (χ0v) is 16.7. The minimum atomic E-state index is -0.128. The van der Waals surface area contributed by atoms with Gasteiger partial charge in [-0.3, -0.25) is 4.79 Å². The van der Waals surface area contributed by atoms with Crippen LogP contribution in [0.3, 0.4) is 0 Å². The molecule has 1 fully saturated rings. The number of hydrogen-bond donors (Lipinski definition) is 1. The lowest BCUT2D eigenvalue weighted by atomic mass is 9.98. The zero-order chi connectivity index (χ0) is 19.2. The maximum Gasteiger partial charge on any atom is 0.244 e. The number of anilines is 1. The van der Waals surface area contributed by atoms with E-state index in [2.05, 4.69) is 41.4 Å². The molecular formula is C23H27ClN2O. The highest BCUT2D eigenvalue weighted by Crippen LogP contribution is 2.24. The Morgan fingerprint density at radius 2 is 1.81 bits per heavy atom. The molecule has 4 heteroatoms. The third kappa shape index (κ3) is 5.36. The van der Waals surface area contributed by atoms with Crippen molar-refractivity contribution in [2.24, 2.45) is 5.92 Å². The molecule has 2 aromatic carbocycles. The molecule has 2 aromatic rings. The molecule has 1 aliphatic heterocycles. The summed E-state index contributed by atoms with van der Waals surface area (Å²) in [7, 11) is 0. The van der Waals surface area contributed by atoms with Crippen LogP contribution in [0.25, 0.3) is 6.08 Å². The Bertz CT molecular complexity index is 792. The smallest absolute Gasteiger partial charge is 0.244 e. The molecule has 1 N–H and O–H groups in total. The van der Waals surface area contributed by atoms with Crippen LogP contribution in [0.5, 0.6) is 0 Å². The van der Waals surface area contributed by atoms with Crippen molar-refractivity contribution >= 4 is 29.3 Å². The number of carbonyl (C=O) groups excluding carboxylic acids is 1. The van der Waals surface area contributed by atoms with Gasteiger partial charge < -0.3 is 10.2 Å².